The lowest BCUT2D eigenvalue weighted by Crippen LogP contribution is -2.13. The fourth-order valence-electron chi connectivity index (χ4n) is 1.39. The third-order valence-electron chi connectivity index (χ3n) is 2.27. The Bertz CT molecular complexity index is 600. The van der Waals surface area contributed by atoms with Gasteiger partial charge in [-0.15, -0.1) is 5.10 Å². The van der Waals surface area contributed by atoms with E-state index in [2.05, 4.69) is 10.2 Å². The Morgan fingerprint density at radius 3 is 2.89 bits per heavy atom. The number of nitrogens with zero attached hydrogens (tertiary/aromatic N) is 2. The van der Waals surface area contributed by atoms with E-state index in [1.165, 1.54) is 6.20 Å². The molecule has 0 aliphatic heterocycles. The summed E-state index contributed by atoms with van der Waals surface area (Å²) in [6.45, 7) is 1.92. The van der Waals surface area contributed by atoms with Crippen LogP contribution in [-0.4, -0.2) is 16.0 Å². The van der Waals surface area contributed by atoms with Gasteiger partial charge in [-0.1, -0.05) is 17.7 Å². The molecular formula is C12H11ClN4O. The monoisotopic (exact) mass is 262 g/mol. The van der Waals surface area contributed by atoms with Crippen LogP contribution in [0.15, 0.2) is 30.5 Å². The van der Waals surface area contributed by atoms with E-state index < -0.39 is 0 Å². The van der Waals surface area contributed by atoms with Crippen molar-refractivity contribution >= 4 is 17.4 Å². The SMILES string of the molecule is Cc1ccc(Cl)c(Oc2nnccc2C(=N)N)c1. The molecule has 1 aromatic heterocycles. The zero-order valence-electron chi connectivity index (χ0n) is 9.64. The summed E-state index contributed by atoms with van der Waals surface area (Å²) in [6, 6.07) is 6.95. The maximum absolute atomic E-state index is 7.43. The second-order valence-corrected chi connectivity index (χ2v) is 4.11. The zero-order valence-corrected chi connectivity index (χ0v) is 10.4. The van der Waals surface area contributed by atoms with Gasteiger partial charge in [0.15, 0.2) is 0 Å². The number of halogens is 1. The first-order valence-electron chi connectivity index (χ1n) is 5.18. The van der Waals surface area contributed by atoms with E-state index in [1.54, 1.807) is 18.2 Å². The number of nitrogens with two attached hydrogens (primary N) is 1. The predicted octanol–water partition coefficient (Wildman–Crippen LogP) is 2.51. The first kappa shape index (κ1) is 12.3. The van der Waals surface area contributed by atoms with Gasteiger partial charge in [0.1, 0.15) is 11.6 Å². The third-order valence-corrected chi connectivity index (χ3v) is 2.58. The smallest absolute Gasteiger partial charge is 0.249 e. The highest BCUT2D eigenvalue weighted by Gasteiger charge is 2.11. The van der Waals surface area contributed by atoms with Gasteiger partial charge in [-0.2, -0.15) is 5.10 Å². The van der Waals surface area contributed by atoms with Gasteiger partial charge in [0.25, 0.3) is 0 Å². The van der Waals surface area contributed by atoms with E-state index in [1.807, 2.05) is 13.0 Å². The minimum absolute atomic E-state index is 0.135. The Morgan fingerprint density at radius 2 is 2.17 bits per heavy atom. The number of aryl methyl sites for hydroxylation is 1. The number of hydrogen-bond donors (Lipinski definition) is 2. The van der Waals surface area contributed by atoms with Gasteiger partial charge in [-0.05, 0) is 30.7 Å². The van der Waals surface area contributed by atoms with Gasteiger partial charge in [0.05, 0.1) is 16.8 Å². The lowest BCUT2D eigenvalue weighted by atomic mass is 10.2. The average molecular weight is 263 g/mol. The van der Waals surface area contributed by atoms with Crippen molar-refractivity contribution < 1.29 is 4.74 Å². The molecule has 92 valence electrons. The molecule has 1 heterocycles. The van der Waals surface area contributed by atoms with E-state index in [0.29, 0.717) is 16.3 Å². The van der Waals surface area contributed by atoms with Crippen LogP contribution in [0.2, 0.25) is 5.02 Å². The minimum atomic E-state index is -0.135. The summed E-state index contributed by atoms with van der Waals surface area (Å²) in [4.78, 5) is 0. The Morgan fingerprint density at radius 1 is 1.39 bits per heavy atom. The van der Waals surface area contributed by atoms with Gasteiger partial charge in [0, 0.05) is 0 Å². The van der Waals surface area contributed by atoms with Crippen LogP contribution in [0.5, 0.6) is 11.6 Å². The van der Waals surface area contributed by atoms with E-state index >= 15 is 0 Å². The normalized spacial score (nSPS) is 10.1. The van der Waals surface area contributed by atoms with Crippen molar-refractivity contribution in [3.8, 4) is 11.6 Å². The number of hydrogen-bond acceptors (Lipinski definition) is 4. The van der Waals surface area contributed by atoms with E-state index in [0.717, 1.165) is 5.56 Å². The number of benzene rings is 1. The molecule has 0 spiro atoms. The van der Waals surface area contributed by atoms with Crippen molar-refractivity contribution in [3.63, 3.8) is 0 Å². The summed E-state index contributed by atoms with van der Waals surface area (Å²) in [6.07, 6.45) is 1.45. The number of rotatable bonds is 3. The predicted molar refractivity (Wildman–Crippen MR) is 69.3 cm³/mol. The second-order valence-electron chi connectivity index (χ2n) is 3.70. The minimum Gasteiger partial charge on any atom is -0.435 e. The molecule has 0 saturated heterocycles. The Kier molecular flexibility index (Phi) is 3.43. The van der Waals surface area contributed by atoms with Crippen LogP contribution < -0.4 is 10.5 Å². The van der Waals surface area contributed by atoms with Crippen LogP contribution in [0.4, 0.5) is 0 Å². The molecule has 0 radical (unpaired) electrons. The quantitative estimate of drug-likeness (QED) is 0.657. The molecule has 0 bridgehead atoms. The molecule has 6 heteroatoms. The summed E-state index contributed by atoms with van der Waals surface area (Å²) in [5.74, 6) is 0.487. The van der Waals surface area contributed by atoms with Gasteiger partial charge in [-0.25, -0.2) is 0 Å². The number of nitrogen functional groups attached to an aromatic ring is 1. The molecular weight excluding hydrogens is 252 g/mol. The molecule has 0 aliphatic rings. The largest absolute Gasteiger partial charge is 0.435 e. The van der Waals surface area contributed by atoms with Crippen LogP contribution in [0, 0.1) is 12.3 Å². The number of amidine groups is 1. The maximum Gasteiger partial charge on any atom is 0.249 e. The van der Waals surface area contributed by atoms with Crippen LogP contribution >= 0.6 is 11.6 Å². The van der Waals surface area contributed by atoms with Crippen LogP contribution in [0.25, 0.3) is 0 Å². The Labute approximate surface area is 109 Å². The van der Waals surface area contributed by atoms with Crippen molar-refractivity contribution in [1.82, 2.24) is 10.2 Å². The molecule has 0 atom stereocenters. The molecule has 0 saturated carbocycles. The number of nitrogens with one attached hydrogen (secondary N) is 1. The number of ether oxygens (including phenoxy) is 1. The Balaban J connectivity index is 2.40. The zero-order chi connectivity index (χ0) is 13.1. The van der Waals surface area contributed by atoms with Crippen molar-refractivity contribution in [1.29, 1.82) is 5.41 Å². The molecule has 2 rings (SSSR count). The summed E-state index contributed by atoms with van der Waals surface area (Å²) < 4.78 is 5.56. The van der Waals surface area contributed by atoms with Gasteiger partial charge in [0.2, 0.25) is 5.88 Å². The molecule has 0 amide bonds. The highest BCUT2D eigenvalue weighted by atomic mass is 35.5. The van der Waals surface area contributed by atoms with Gasteiger partial charge < -0.3 is 10.5 Å². The molecule has 0 aliphatic carbocycles. The standard InChI is InChI=1S/C12H11ClN4O/c1-7-2-3-9(13)10(6-7)18-12-8(11(14)15)4-5-16-17-12/h2-6H,1H3,(H3,14,15). The first-order chi connectivity index (χ1) is 8.58. The van der Waals surface area contributed by atoms with Crippen molar-refractivity contribution in [2.45, 2.75) is 6.92 Å². The van der Waals surface area contributed by atoms with Crippen LogP contribution in [-0.2, 0) is 0 Å². The third kappa shape index (κ3) is 2.57. The van der Waals surface area contributed by atoms with E-state index in [9.17, 15) is 0 Å². The maximum atomic E-state index is 7.43. The van der Waals surface area contributed by atoms with Crippen molar-refractivity contribution in [2.24, 2.45) is 5.73 Å². The molecule has 0 unspecified atom stereocenters. The molecule has 1 aromatic carbocycles. The fourth-order valence-corrected chi connectivity index (χ4v) is 1.55. The molecule has 2 aromatic rings. The highest BCUT2D eigenvalue weighted by molar-refractivity contribution is 6.32. The van der Waals surface area contributed by atoms with Gasteiger partial charge >= 0.3 is 0 Å². The van der Waals surface area contributed by atoms with Crippen LogP contribution in [0.3, 0.4) is 0 Å². The van der Waals surface area contributed by atoms with Crippen molar-refractivity contribution in [3.05, 3.63) is 46.6 Å². The summed E-state index contributed by atoms with van der Waals surface area (Å²) in [5.41, 5.74) is 6.82. The van der Waals surface area contributed by atoms with Gasteiger partial charge in [-0.3, -0.25) is 5.41 Å². The van der Waals surface area contributed by atoms with E-state index in [4.69, 9.17) is 27.5 Å². The lowest BCUT2D eigenvalue weighted by molar-refractivity contribution is 0.454. The molecule has 5 nitrogen and oxygen atoms in total. The second kappa shape index (κ2) is 5.01. The molecule has 3 N–H and O–H groups in total. The topological polar surface area (TPSA) is 84.9 Å². The fraction of sp³-hybridized carbons (Fsp3) is 0.0833. The number of aromatic nitrogens is 2. The highest BCUT2D eigenvalue weighted by Crippen LogP contribution is 2.30. The summed E-state index contributed by atoms with van der Waals surface area (Å²) >= 11 is 6.02. The van der Waals surface area contributed by atoms with E-state index in [-0.39, 0.29) is 11.7 Å². The van der Waals surface area contributed by atoms with Crippen molar-refractivity contribution in [2.75, 3.05) is 0 Å². The Hall–Kier alpha value is -2.14. The molecule has 18 heavy (non-hydrogen) atoms. The molecule has 0 fully saturated rings. The summed E-state index contributed by atoms with van der Waals surface area (Å²) in [5, 5.41) is 15.4. The summed E-state index contributed by atoms with van der Waals surface area (Å²) in [7, 11) is 0. The average Bonchev–Trinajstić information content (AvgIpc) is 2.34. The first-order valence-corrected chi connectivity index (χ1v) is 5.56. The lowest BCUT2D eigenvalue weighted by Gasteiger charge is -2.09. The van der Waals surface area contributed by atoms with Crippen LogP contribution in [0.1, 0.15) is 11.1 Å².